The Bertz CT molecular complexity index is 414. The van der Waals surface area contributed by atoms with Gasteiger partial charge in [-0.25, -0.2) is 0 Å². The summed E-state index contributed by atoms with van der Waals surface area (Å²) >= 11 is 1.84. The minimum atomic E-state index is 0.356. The van der Waals surface area contributed by atoms with Crippen molar-refractivity contribution in [1.29, 1.82) is 0 Å². The highest BCUT2D eigenvalue weighted by Crippen LogP contribution is 2.28. The summed E-state index contributed by atoms with van der Waals surface area (Å²) in [6.45, 7) is 5.30. The molecule has 0 atom stereocenters. The van der Waals surface area contributed by atoms with E-state index in [-0.39, 0.29) is 0 Å². The molecule has 110 valence electrons. The van der Waals surface area contributed by atoms with Gasteiger partial charge in [0.2, 0.25) is 5.91 Å². The molecule has 0 spiro atoms. The van der Waals surface area contributed by atoms with Crippen LogP contribution in [0.15, 0.2) is 35.2 Å². The van der Waals surface area contributed by atoms with Crippen molar-refractivity contribution in [3.8, 4) is 0 Å². The van der Waals surface area contributed by atoms with Gasteiger partial charge in [0.15, 0.2) is 0 Å². The number of thioether (sulfide) groups is 1. The average molecular weight is 291 g/mol. The van der Waals surface area contributed by atoms with Crippen LogP contribution in [0.3, 0.4) is 0 Å². The Kier molecular flexibility index (Phi) is 5.96. The van der Waals surface area contributed by atoms with Crippen LogP contribution in [-0.4, -0.2) is 29.1 Å². The topological polar surface area (TPSA) is 20.3 Å². The summed E-state index contributed by atoms with van der Waals surface area (Å²) in [6.07, 6.45) is 4.08. The summed E-state index contributed by atoms with van der Waals surface area (Å²) in [5.41, 5.74) is 0. The summed E-state index contributed by atoms with van der Waals surface area (Å²) in [5.74, 6) is 1.95. The van der Waals surface area contributed by atoms with Gasteiger partial charge in [-0.15, -0.1) is 11.8 Å². The molecular formula is C17H25NOS. The lowest BCUT2D eigenvalue weighted by Crippen LogP contribution is -2.36. The van der Waals surface area contributed by atoms with E-state index >= 15 is 0 Å². The molecule has 0 unspecified atom stereocenters. The highest BCUT2D eigenvalue weighted by atomic mass is 32.2. The molecule has 0 aliphatic heterocycles. The molecule has 1 aliphatic carbocycles. The Morgan fingerprint density at radius 3 is 2.60 bits per heavy atom. The van der Waals surface area contributed by atoms with Crippen LogP contribution >= 0.6 is 11.8 Å². The monoisotopic (exact) mass is 291 g/mol. The third-order valence-electron chi connectivity index (χ3n) is 3.42. The maximum absolute atomic E-state index is 12.3. The van der Waals surface area contributed by atoms with E-state index in [0.29, 0.717) is 24.3 Å². The second kappa shape index (κ2) is 7.72. The van der Waals surface area contributed by atoms with E-state index < -0.39 is 0 Å². The summed E-state index contributed by atoms with van der Waals surface area (Å²) in [5, 5.41) is 0. The molecule has 0 N–H and O–H groups in total. The maximum atomic E-state index is 12.3. The molecular weight excluding hydrogens is 266 g/mol. The maximum Gasteiger partial charge on any atom is 0.222 e. The number of hydrogen-bond acceptors (Lipinski definition) is 2. The summed E-state index contributed by atoms with van der Waals surface area (Å²) in [4.78, 5) is 15.7. The first-order valence-corrected chi connectivity index (χ1v) is 8.62. The fourth-order valence-corrected chi connectivity index (χ4v) is 3.18. The van der Waals surface area contributed by atoms with Gasteiger partial charge < -0.3 is 4.90 Å². The Morgan fingerprint density at radius 2 is 2.00 bits per heavy atom. The van der Waals surface area contributed by atoms with Crippen molar-refractivity contribution in [2.45, 2.75) is 50.5 Å². The van der Waals surface area contributed by atoms with Crippen LogP contribution in [0, 0.1) is 5.92 Å². The summed E-state index contributed by atoms with van der Waals surface area (Å²) in [6, 6.07) is 11.0. The van der Waals surface area contributed by atoms with Crippen molar-refractivity contribution in [1.82, 2.24) is 4.90 Å². The van der Waals surface area contributed by atoms with Gasteiger partial charge in [-0.3, -0.25) is 4.79 Å². The Morgan fingerprint density at radius 1 is 1.30 bits per heavy atom. The molecule has 2 nitrogen and oxygen atoms in total. The van der Waals surface area contributed by atoms with E-state index in [1.807, 2.05) is 17.8 Å². The zero-order chi connectivity index (χ0) is 14.4. The molecule has 0 heterocycles. The van der Waals surface area contributed by atoms with E-state index in [9.17, 15) is 4.79 Å². The van der Waals surface area contributed by atoms with Gasteiger partial charge in [0.25, 0.3) is 0 Å². The molecule has 20 heavy (non-hydrogen) atoms. The van der Waals surface area contributed by atoms with E-state index in [1.165, 1.54) is 17.7 Å². The second-order valence-corrected chi connectivity index (χ2v) is 7.10. The molecule has 0 bridgehead atoms. The molecule has 1 aromatic carbocycles. The Labute approximate surface area is 126 Å². The molecule has 1 amide bonds. The van der Waals surface area contributed by atoms with E-state index in [1.54, 1.807) is 0 Å². The van der Waals surface area contributed by atoms with Crippen LogP contribution < -0.4 is 0 Å². The fraction of sp³-hybridized carbons (Fsp3) is 0.588. The van der Waals surface area contributed by atoms with Gasteiger partial charge in [0.05, 0.1) is 0 Å². The van der Waals surface area contributed by atoms with Crippen molar-refractivity contribution < 1.29 is 4.79 Å². The fourth-order valence-electron chi connectivity index (χ4n) is 2.31. The van der Waals surface area contributed by atoms with Gasteiger partial charge >= 0.3 is 0 Å². The van der Waals surface area contributed by atoms with Crippen LogP contribution in [0.25, 0.3) is 0 Å². The zero-order valence-electron chi connectivity index (χ0n) is 12.5. The third kappa shape index (κ3) is 5.20. The standard InChI is InChI=1S/C17H25NOS/c1-14(2)13-18(15-10-11-15)17(19)9-6-12-20-16-7-4-3-5-8-16/h3-5,7-8,14-15H,6,9-13H2,1-2H3. The quantitative estimate of drug-likeness (QED) is 0.528. The van der Waals surface area contributed by atoms with Crippen LogP contribution in [0.5, 0.6) is 0 Å². The van der Waals surface area contributed by atoms with Gasteiger partial charge in [-0.05, 0) is 43.1 Å². The Hall–Kier alpha value is -0.960. The summed E-state index contributed by atoms with van der Waals surface area (Å²) < 4.78 is 0. The molecule has 3 heteroatoms. The predicted octanol–water partition coefficient (Wildman–Crippen LogP) is 4.21. The molecule has 1 aliphatic rings. The zero-order valence-corrected chi connectivity index (χ0v) is 13.4. The molecule has 0 aromatic heterocycles. The predicted molar refractivity (Wildman–Crippen MR) is 86.0 cm³/mol. The first kappa shape index (κ1) is 15.4. The van der Waals surface area contributed by atoms with Gasteiger partial charge in [-0.1, -0.05) is 32.0 Å². The van der Waals surface area contributed by atoms with E-state index in [0.717, 1.165) is 18.7 Å². The normalized spacial score (nSPS) is 14.6. The van der Waals surface area contributed by atoms with Gasteiger partial charge in [-0.2, -0.15) is 0 Å². The average Bonchev–Trinajstić information content (AvgIpc) is 3.26. The number of amides is 1. The molecule has 0 saturated heterocycles. The lowest BCUT2D eigenvalue weighted by molar-refractivity contribution is -0.132. The number of benzene rings is 1. The van der Waals surface area contributed by atoms with Crippen LogP contribution in [0.2, 0.25) is 0 Å². The Balaban J connectivity index is 1.68. The van der Waals surface area contributed by atoms with E-state index in [2.05, 4.69) is 43.0 Å². The first-order chi connectivity index (χ1) is 9.66. The lowest BCUT2D eigenvalue weighted by Gasteiger charge is -2.24. The minimum Gasteiger partial charge on any atom is -0.339 e. The van der Waals surface area contributed by atoms with Crippen molar-refractivity contribution >= 4 is 17.7 Å². The van der Waals surface area contributed by atoms with Crippen LogP contribution in [-0.2, 0) is 4.79 Å². The van der Waals surface area contributed by atoms with Crippen molar-refractivity contribution in [2.24, 2.45) is 5.92 Å². The molecule has 1 fully saturated rings. The largest absolute Gasteiger partial charge is 0.339 e. The van der Waals surface area contributed by atoms with Crippen molar-refractivity contribution in [2.75, 3.05) is 12.3 Å². The lowest BCUT2D eigenvalue weighted by atomic mass is 10.2. The number of hydrogen-bond donors (Lipinski definition) is 0. The number of carbonyl (C=O) groups excluding carboxylic acids is 1. The van der Waals surface area contributed by atoms with Crippen molar-refractivity contribution in [3.63, 3.8) is 0 Å². The van der Waals surface area contributed by atoms with Gasteiger partial charge in [0, 0.05) is 23.9 Å². The van der Waals surface area contributed by atoms with Crippen LogP contribution in [0.1, 0.15) is 39.5 Å². The van der Waals surface area contributed by atoms with Crippen molar-refractivity contribution in [3.05, 3.63) is 30.3 Å². The SMILES string of the molecule is CC(C)CN(C(=O)CCCSc1ccccc1)C1CC1. The molecule has 2 rings (SSSR count). The first-order valence-electron chi connectivity index (χ1n) is 7.64. The number of rotatable bonds is 8. The highest BCUT2D eigenvalue weighted by Gasteiger charge is 2.32. The third-order valence-corrected chi connectivity index (χ3v) is 4.52. The van der Waals surface area contributed by atoms with Gasteiger partial charge in [0.1, 0.15) is 0 Å². The van der Waals surface area contributed by atoms with E-state index in [4.69, 9.17) is 0 Å². The second-order valence-electron chi connectivity index (χ2n) is 5.94. The minimum absolute atomic E-state index is 0.356. The van der Waals surface area contributed by atoms with Crippen LogP contribution in [0.4, 0.5) is 0 Å². The molecule has 1 aromatic rings. The number of carbonyl (C=O) groups is 1. The molecule has 0 radical (unpaired) electrons. The number of nitrogens with zero attached hydrogens (tertiary/aromatic N) is 1. The summed E-state index contributed by atoms with van der Waals surface area (Å²) in [7, 11) is 0. The smallest absolute Gasteiger partial charge is 0.222 e. The molecule has 1 saturated carbocycles. The highest BCUT2D eigenvalue weighted by molar-refractivity contribution is 7.99.